The molecule has 3 heteroatoms. The maximum atomic E-state index is 13.8. The molecule has 2 unspecified atom stereocenters. The van der Waals surface area contributed by atoms with Crippen LogP contribution in [0.3, 0.4) is 0 Å². The second-order valence-corrected chi connectivity index (χ2v) is 4.73. The van der Waals surface area contributed by atoms with Crippen molar-refractivity contribution in [3.05, 3.63) is 35.6 Å². The Bertz CT molecular complexity index is 389. The standard InChI is InChI=1S/C13H18FNO/c1-2-13(7-12(13,8-15)9-16)10-5-3-4-6-11(10)14/h3-6,16H,2,7-9,15H2,1H3. The molecule has 0 aromatic heterocycles. The van der Waals surface area contributed by atoms with Crippen molar-refractivity contribution in [1.29, 1.82) is 0 Å². The first-order valence-electron chi connectivity index (χ1n) is 5.72. The molecule has 1 fully saturated rings. The van der Waals surface area contributed by atoms with Gasteiger partial charge < -0.3 is 10.8 Å². The van der Waals surface area contributed by atoms with Crippen molar-refractivity contribution in [1.82, 2.24) is 0 Å². The van der Waals surface area contributed by atoms with E-state index in [2.05, 4.69) is 0 Å². The van der Waals surface area contributed by atoms with Gasteiger partial charge in [-0.05, 0) is 24.5 Å². The number of rotatable bonds is 4. The number of hydrogen-bond acceptors (Lipinski definition) is 2. The van der Waals surface area contributed by atoms with E-state index in [9.17, 15) is 9.50 Å². The third-order valence-electron chi connectivity index (χ3n) is 4.22. The largest absolute Gasteiger partial charge is 0.396 e. The van der Waals surface area contributed by atoms with Gasteiger partial charge in [0.15, 0.2) is 0 Å². The number of benzene rings is 1. The molecule has 0 bridgehead atoms. The average molecular weight is 223 g/mol. The molecule has 3 N–H and O–H groups in total. The van der Waals surface area contributed by atoms with Crippen LogP contribution in [0, 0.1) is 11.2 Å². The maximum absolute atomic E-state index is 13.8. The van der Waals surface area contributed by atoms with Crippen LogP contribution in [0.15, 0.2) is 24.3 Å². The molecule has 0 spiro atoms. The first-order valence-corrected chi connectivity index (χ1v) is 5.72. The molecule has 1 aliphatic rings. The van der Waals surface area contributed by atoms with E-state index in [1.54, 1.807) is 6.07 Å². The predicted octanol–water partition coefficient (Wildman–Crippen LogP) is 1.81. The molecule has 2 atom stereocenters. The SMILES string of the molecule is CCC1(c2ccccc2F)CC1(CN)CO. The summed E-state index contributed by atoms with van der Waals surface area (Å²) >= 11 is 0. The zero-order valence-corrected chi connectivity index (χ0v) is 9.54. The molecule has 1 saturated carbocycles. The van der Waals surface area contributed by atoms with E-state index in [-0.39, 0.29) is 23.3 Å². The molecule has 88 valence electrons. The Morgan fingerprint density at radius 1 is 1.44 bits per heavy atom. The van der Waals surface area contributed by atoms with Gasteiger partial charge >= 0.3 is 0 Å². The van der Waals surface area contributed by atoms with Crippen LogP contribution < -0.4 is 5.73 Å². The second kappa shape index (κ2) is 3.82. The van der Waals surface area contributed by atoms with Gasteiger partial charge in [0, 0.05) is 17.4 Å². The molecule has 0 radical (unpaired) electrons. The Balaban J connectivity index is 2.43. The molecule has 0 amide bonds. The fourth-order valence-electron chi connectivity index (χ4n) is 2.99. The smallest absolute Gasteiger partial charge is 0.126 e. The van der Waals surface area contributed by atoms with E-state index in [1.165, 1.54) is 6.07 Å². The summed E-state index contributed by atoms with van der Waals surface area (Å²) in [5, 5.41) is 9.47. The van der Waals surface area contributed by atoms with Crippen LogP contribution in [0.2, 0.25) is 0 Å². The molecule has 2 nitrogen and oxygen atoms in total. The quantitative estimate of drug-likeness (QED) is 0.817. The molecule has 0 saturated heterocycles. The number of aliphatic hydroxyl groups is 1. The molecule has 1 aromatic carbocycles. The van der Waals surface area contributed by atoms with Crippen LogP contribution in [-0.2, 0) is 5.41 Å². The summed E-state index contributed by atoms with van der Waals surface area (Å²) in [5.74, 6) is -0.187. The topological polar surface area (TPSA) is 46.2 Å². The van der Waals surface area contributed by atoms with E-state index in [0.29, 0.717) is 12.1 Å². The van der Waals surface area contributed by atoms with Crippen LogP contribution in [0.4, 0.5) is 4.39 Å². The molecule has 0 heterocycles. The third-order valence-corrected chi connectivity index (χ3v) is 4.22. The Morgan fingerprint density at radius 3 is 2.56 bits per heavy atom. The monoisotopic (exact) mass is 223 g/mol. The summed E-state index contributed by atoms with van der Waals surface area (Å²) in [4.78, 5) is 0. The number of nitrogens with two attached hydrogens (primary N) is 1. The minimum Gasteiger partial charge on any atom is -0.396 e. The van der Waals surface area contributed by atoms with Gasteiger partial charge in [-0.1, -0.05) is 25.1 Å². The lowest BCUT2D eigenvalue weighted by molar-refractivity contribution is 0.192. The summed E-state index contributed by atoms with van der Waals surface area (Å²) in [6.45, 7) is 2.47. The van der Waals surface area contributed by atoms with Crippen molar-refractivity contribution >= 4 is 0 Å². The number of hydrogen-bond donors (Lipinski definition) is 2. The van der Waals surface area contributed by atoms with Crippen LogP contribution in [0.25, 0.3) is 0 Å². The molecule has 16 heavy (non-hydrogen) atoms. The van der Waals surface area contributed by atoms with Gasteiger partial charge in [-0.25, -0.2) is 4.39 Å². The van der Waals surface area contributed by atoms with Crippen LogP contribution in [-0.4, -0.2) is 18.3 Å². The van der Waals surface area contributed by atoms with E-state index in [0.717, 1.165) is 12.8 Å². The van der Waals surface area contributed by atoms with Crippen molar-refractivity contribution in [3.63, 3.8) is 0 Å². The molecule has 0 aliphatic heterocycles. The lowest BCUT2D eigenvalue weighted by Crippen LogP contribution is -2.29. The first kappa shape index (κ1) is 11.6. The van der Waals surface area contributed by atoms with Gasteiger partial charge in [0.05, 0.1) is 6.61 Å². The predicted molar refractivity (Wildman–Crippen MR) is 61.6 cm³/mol. The van der Waals surface area contributed by atoms with Crippen molar-refractivity contribution in [2.24, 2.45) is 11.1 Å². The minimum absolute atomic E-state index is 0.0334. The maximum Gasteiger partial charge on any atom is 0.126 e. The van der Waals surface area contributed by atoms with Crippen molar-refractivity contribution in [2.75, 3.05) is 13.2 Å². The number of aliphatic hydroxyl groups excluding tert-OH is 1. The Hall–Kier alpha value is -0.930. The van der Waals surface area contributed by atoms with Crippen LogP contribution >= 0.6 is 0 Å². The Labute approximate surface area is 95.3 Å². The highest BCUT2D eigenvalue weighted by Gasteiger charge is 2.66. The fourth-order valence-corrected chi connectivity index (χ4v) is 2.99. The van der Waals surface area contributed by atoms with E-state index >= 15 is 0 Å². The molecule has 1 aliphatic carbocycles. The number of halogens is 1. The highest BCUT2D eigenvalue weighted by atomic mass is 19.1. The lowest BCUT2D eigenvalue weighted by atomic mass is 9.84. The summed E-state index contributed by atoms with van der Waals surface area (Å²) in [5.41, 5.74) is 5.86. The van der Waals surface area contributed by atoms with Crippen molar-refractivity contribution in [2.45, 2.75) is 25.2 Å². The average Bonchev–Trinajstić information content (AvgIpc) is 3.00. The summed E-state index contributed by atoms with van der Waals surface area (Å²) in [6.07, 6.45) is 1.59. The van der Waals surface area contributed by atoms with Crippen LogP contribution in [0.5, 0.6) is 0 Å². The molecular formula is C13H18FNO. The van der Waals surface area contributed by atoms with Crippen LogP contribution in [0.1, 0.15) is 25.3 Å². The van der Waals surface area contributed by atoms with E-state index < -0.39 is 0 Å². The fraction of sp³-hybridized carbons (Fsp3) is 0.538. The van der Waals surface area contributed by atoms with Gasteiger partial charge in [-0.3, -0.25) is 0 Å². The van der Waals surface area contributed by atoms with Gasteiger partial charge in [0.25, 0.3) is 0 Å². The highest BCUT2D eigenvalue weighted by molar-refractivity contribution is 5.39. The molecular weight excluding hydrogens is 205 g/mol. The van der Waals surface area contributed by atoms with Gasteiger partial charge in [0.2, 0.25) is 0 Å². The van der Waals surface area contributed by atoms with Gasteiger partial charge in [-0.2, -0.15) is 0 Å². The zero-order chi connectivity index (χ0) is 11.8. The van der Waals surface area contributed by atoms with E-state index in [1.807, 2.05) is 19.1 Å². The second-order valence-electron chi connectivity index (χ2n) is 4.73. The summed E-state index contributed by atoms with van der Waals surface area (Å²) < 4.78 is 13.8. The van der Waals surface area contributed by atoms with Crippen molar-refractivity contribution < 1.29 is 9.50 Å². The Morgan fingerprint density at radius 2 is 2.12 bits per heavy atom. The first-order chi connectivity index (χ1) is 7.65. The van der Waals surface area contributed by atoms with E-state index in [4.69, 9.17) is 5.73 Å². The Kier molecular flexibility index (Phi) is 2.76. The van der Waals surface area contributed by atoms with Gasteiger partial charge in [-0.15, -0.1) is 0 Å². The molecule has 1 aromatic rings. The minimum atomic E-state index is -0.316. The zero-order valence-electron chi connectivity index (χ0n) is 9.54. The van der Waals surface area contributed by atoms with Crippen molar-refractivity contribution in [3.8, 4) is 0 Å². The summed E-state index contributed by atoms with van der Waals surface area (Å²) in [7, 11) is 0. The third kappa shape index (κ3) is 1.31. The summed E-state index contributed by atoms with van der Waals surface area (Å²) in [6, 6.07) is 6.82. The molecule has 2 rings (SSSR count). The van der Waals surface area contributed by atoms with Gasteiger partial charge in [0.1, 0.15) is 5.82 Å². The highest BCUT2D eigenvalue weighted by Crippen LogP contribution is 2.66. The lowest BCUT2D eigenvalue weighted by Gasteiger charge is -2.23. The normalized spacial score (nSPS) is 32.8.